The van der Waals surface area contributed by atoms with E-state index in [0.29, 0.717) is 0 Å². The number of fused-ring (bicyclic) bond motifs is 1. The molecule has 252 valence electrons. The Morgan fingerprint density at radius 3 is 2.07 bits per heavy atom. The molecule has 0 aliphatic carbocycles. The number of rotatable bonds is 9. The maximum absolute atomic E-state index is 13.4. The Kier molecular flexibility index (Phi) is 9.89. The first-order valence-electron chi connectivity index (χ1n) is 13.9. The van der Waals surface area contributed by atoms with Crippen LogP contribution in [0.15, 0.2) is 39.7 Å². The fourth-order valence-corrected chi connectivity index (χ4v) is 5.24. The van der Waals surface area contributed by atoms with Crippen molar-refractivity contribution in [1.29, 1.82) is 0 Å². The second-order valence-electron chi connectivity index (χ2n) is 10.7. The summed E-state index contributed by atoms with van der Waals surface area (Å²) in [5, 5.41) is 92.1. The lowest BCUT2D eigenvalue weighted by Crippen LogP contribution is -2.62. The standard InChI is InChI=1S/C29H34O17/c1-40-13-4-3-10(5-12(13)31)11-8-42-14-6-15(27(41-2)22(35)18(14)19(11)32)44-29-26(39)24(37)21(34)17(46-29)9-43-28-25(38)23(36)20(33)16(7-30)45-28/h3-6,8,16-17,20-21,23-26,28-31,33-39H,7,9H2,1-2H3/t16?,17?,20-,21-,23+,24+,25?,26?,28-,29-/m1/s1. The second-order valence-corrected chi connectivity index (χ2v) is 10.7. The number of aromatic hydroxyl groups is 2. The van der Waals surface area contributed by atoms with Crippen molar-refractivity contribution in [2.75, 3.05) is 27.4 Å². The third kappa shape index (κ3) is 6.05. The topological polar surface area (TPSA) is 268 Å². The first-order valence-corrected chi connectivity index (χ1v) is 13.9. The van der Waals surface area contributed by atoms with Crippen LogP contribution < -0.4 is 19.6 Å². The van der Waals surface area contributed by atoms with Gasteiger partial charge < -0.3 is 78.8 Å². The predicted molar refractivity (Wildman–Crippen MR) is 151 cm³/mol. The Morgan fingerprint density at radius 2 is 1.43 bits per heavy atom. The highest BCUT2D eigenvalue weighted by molar-refractivity contribution is 5.91. The van der Waals surface area contributed by atoms with Crippen LogP contribution in [0.5, 0.6) is 28.7 Å². The fourth-order valence-electron chi connectivity index (χ4n) is 5.24. The van der Waals surface area contributed by atoms with Gasteiger partial charge in [-0.15, -0.1) is 0 Å². The Bertz CT molecular complexity index is 1590. The minimum Gasteiger partial charge on any atom is -0.504 e. The number of hydrogen-bond donors (Lipinski definition) is 9. The maximum Gasteiger partial charge on any atom is 0.229 e. The van der Waals surface area contributed by atoms with Crippen molar-refractivity contribution >= 4 is 11.0 Å². The molecular formula is C29H34O17. The highest BCUT2D eigenvalue weighted by Gasteiger charge is 2.48. The Labute approximate surface area is 259 Å². The van der Waals surface area contributed by atoms with Crippen LogP contribution in [0.2, 0.25) is 0 Å². The van der Waals surface area contributed by atoms with Gasteiger partial charge in [-0.3, -0.25) is 4.79 Å². The smallest absolute Gasteiger partial charge is 0.229 e. The van der Waals surface area contributed by atoms with E-state index < -0.39 is 85.8 Å². The second kappa shape index (κ2) is 13.5. The summed E-state index contributed by atoms with van der Waals surface area (Å²) >= 11 is 0. The molecule has 2 saturated heterocycles. The van der Waals surface area contributed by atoms with E-state index in [4.69, 9.17) is 32.8 Å². The van der Waals surface area contributed by atoms with Crippen molar-refractivity contribution < 1.29 is 78.8 Å². The average molecular weight is 655 g/mol. The van der Waals surface area contributed by atoms with E-state index in [-0.39, 0.29) is 45.1 Å². The quantitative estimate of drug-likeness (QED) is 0.119. The minimum absolute atomic E-state index is 0.0122. The summed E-state index contributed by atoms with van der Waals surface area (Å²) in [6.07, 6.45) is -15.5. The van der Waals surface area contributed by atoms with E-state index in [1.807, 2.05) is 0 Å². The number of ether oxygens (including phenoxy) is 6. The molecule has 2 aliphatic rings. The largest absolute Gasteiger partial charge is 0.504 e. The van der Waals surface area contributed by atoms with Gasteiger partial charge >= 0.3 is 0 Å². The molecule has 3 aromatic rings. The van der Waals surface area contributed by atoms with Gasteiger partial charge in [0.05, 0.1) is 33.0 Å². The van der Waals surface area contributed by atoms with Gasteiger partial charge in [-0.25, -0.2) is 0 Å². The minimum atomic E-state index is -1.86. The fraction of sp³-hybridized carbons (Fsp3) is 0.483. The molecule has 17 nitrogen and oxygen atoms in total. The van der Waals surface area contributed by atoms with Crippen LogP contribution in [-0.4, -0.2) is 135 Å². The van der Waals surface area contributed by atoms with Gasteiger partial charge in [0, 0.05) is 6.07 Å². The molecule has 2 fully saturated rings. The molecule has 3 heterocycles. The normalized spacial score (nSPS) is 31.5. The van der Waals surface area contributed by atoms with Crippen molar-refractivity contribution in [3.8, 4) is 39.9 Å². The lowest BCUT2D eigenvalue weighted by molar-refractivity contribution is -0.323. The summed E-state index contributed by atoms with van der Waals surface area (Å²) in [7, 11) is 2.52. The molecule has 0 saturated carbocycles. The summed E-state index contributed by atoms with van der Waals surface area (Å²) in [6.45, 7) is -1.31. The van der Waals surface area contributed by atoms with E-state index in [2.05, 4.69) is 0 Å². The first-order chi connectivity index (χ1) is 21.9. The monoisotopic (exact) mass is 654 g/mol. The summed E-state index contributed by atoms with van der Waals surface area (Å²) in [5.74, 6) is -1.43. The van der Waals surface area contributed by atoms with Gasteiger partial charge in [-0.1, -0.05) is 6.07 Å². The zero-order valence-corrected chi connectivity index (χ0v) is 24.4. The SMILES string of the molecule is COc1ccc(-c2coc3cc(O[C@@H]4OC(CO[C@@H]5OC(CO)[C@@H](O)[C@H](O)C5O)[C@@H](O)[C@H](O)C4O)c(OC)c(O)c3c2=O)cc1O. The van der Waals surface area contributed by atoms with Crippen molar-refractivity contribution in [3.63, 3.8) is 0 Å². The molecule has 4 unspecified atom stereocenters. The average Bonchev–Trinajstić information content (AvgIpc) is 3.04. The van der Waals surface area contributed by atoms with Gasteiger partial charge in [0.25, 0.3) is 0 Å². The zero-order chi connectivity index (χ0) is 33.4. The van der Waals surface area contributed by atoms with Crippen molar-refractivity contribution in [2.24, 2.45) is 0 Å². The maximum atomic E-state index is 13.4. The molecule has 10 atom stereocenters. The number of benzene rings is 2. The van der Waals surface area contributed by atoms with Gasteiger partial charge in [0.15, 0.2) is 29.3 Å². The molecule has 0 bridgehead atoms. The molecule has 1 aromatic heterocycles. The lowest BCUT2D eigenvalue weighted by Gasteiger charge is -2.42. The van der Waals surface area contributed by atoms with Crippen LogP contribution in [0.4, 0.5) is 0 Å². The third-order valence-corrected chi connectivity index (χ3v) is 7.84. The van der Waals surface area contributed by atoms with Crippen molar-refractivity contribution in [2.45, 2.75) is 61.4 Å². The van der Waals surface area contributed by atoms with Crippen molar-refractivity contribution in [1.82, 2.24) is 0 Å². The van der Waals surface area contributed by atoms with E-state index >= 15 is 0 Å². The number of phenolic OH excluding ortho intramolecular Hbond substituents is 2. The van der Waals surface area contributed by atoms with E-state index in [9.17, 15) is 50.8 Å². The van der Waals surface area contributed by atoms with E-state index in [0.717, 1.165) is 19.4 Å². The summed E-state index contributed by atoms with van der Waals surface area (Å²) < 4.78 is 37.9. The van der Waals surface area contributed by atoms with Crippen molar-refractivity contribution in [3.05, 3.63) is 40.8 Å². The molecule has 0 amide bonds. The van der Waals surface area contributed by atoms with E-state index in [1.54, 1.807) is 0 Å². The Morgan fingerprint density at radius 1 is 0.783 bits per heavy atom. The van der Waals surface area contributed by atoms with Crippen LogP contribution in [0.3, 0.4) is 0 Å². The van der Waals surface area contributed by atoms with Gasteiger partial charge in [-0.2, -0.15) is 0 Å². The highest BCUT2D eigenvalue weighted by atomic mass is 16.7. The molecule has 17 heteroatoms. The molecule has 46 heavy (non-hydrogen) atoms. The van der Waals surface area contributed by atoms with E-state index in [1.165, 1.54) is 25.3 Å². The lowest BCUT2D eigenvalue weighted by atomic mass is 9.98. The Hall–Kier alpha value is -3.75. The van der Waals surface area contributed by atoms with Crippen LogP contribution in [0.1, 0.15) is 0 Å². The number of aliphatic hydroxyl groups excluding tert-OH is 7. The molecule has 9 N–H and O–H groups in total. The van der Waals surface area contributed by atoms with Crippen LogP contribution in [0, 0.1) is 0 Å². The molecule has 0 radical (unpaired) electrons. The van der Waals surface area contributed by atoms with Crippen LogP contribution in [0.25, 0.3) is 22.1 Å². The summed E-state index contributed by atoms with van der Waals surface area (Å²) in [4.78, 5) is 13.4. The molecule has 2 aromatic carbocycles. The first kappa shape index (κ1) is 33.6. The molecular weight excluding hydrogens is 620 g/mol. The third-order valence-electron chi connectivity index (χ3n) is 7.84. The van der Waals surface area contributed by atoms with Gasteiger partial charge in [0.1, 0.15) is 66.1 Å². The Balaban J connectivity index is 1.39. The van der Waals surface area contributed by atoms with Crippen LogP contribution >= 0.6 is 0 Å². The van der Waals surface area contributed by atoms with Gasteiger partial charge in [0.2, 0.25) is 17.5 Å². The molecule has 2 aliphatic heterocycles. The number of phenols is 2. The summed E-state index contributed by atoms with van der Waals surface area (Å²) in [5.41, 5.74) is -0.614. The highest BCUT2D eigenvalue weighted by Crippen LogP contribution is 2.43. The van der Waals surface area contributed by atoms with Gasteiger partial charge in [-0.05, 0) is 17.7 Å². The number of methoxy groups -OCH3 is 2. The predicted octanol–water partition coefficient (Wildman–Crippen LogP) is -2.11. The zero-order valence-electron chi connectivity index (χ0n) is 24.4. The molecule has 0 spiro atoms. The summed E-state index contributed by atoms with van der Waals surface area (Å²) in [6, 6.07) is 5.38. The number of hydrogen-bond acceptors (Lipinski definition) is 17. The molecule has 5 rings (SSSR count). The van der Waals surface area contributed by atoms with Crippen LogP contribution in [-0.2, 0) is 14.2 Å². The number of aliphatic hydroxyl groups is 7.